The second kappa shape index (κ2) is 6.53. The minimum atomic E-state index is 0.277. The van der Waals surface area contributed by atoms with Crippen molar-refractivity contribution >= 4 is 0 Å². The molecule has 1 heterocycles. The van der Waals surface area contributed by atoms with Crippen LogP contribution in [-0.4, -0.2) is 19.7 Å². The van der Waals surface area contributed by atoms with Crippen LogP contribution in [0.2, 0.25) is 0 Å². The SMILES string of the molecule is Cc1ccc(C)c(C2OCCC2CNCC(C)C)c1. The fourth-order valence-corrected chi connectivity index (χ4v) is 2.81. The smallest absolute Gasteiger partial charge is 0.0868 e. The van der Waals surface area contributed by atoms with Gasteiger partial charge in [-0.05, 0) is 43.9 Å². The van der Waals surface area contributed by atoms with Gasteiger partial charge in [0.2, 0.25) is 0 Å². The molecule has 0 saturated carbocycles. The molecule has 2 heteroatoms. The minimum Gasteiger partial charge on any atom is -0.373 e. The Morgan fingerprint density at radius 1 is 1.32 bits per heavy atom. The zero-order chi connectivity index (χ0) is 13.8. The summed E-state index contributed by atoms with van der Waals surface area (Å²) in [6.07, 6.45) is 1.45. The van der Waals surface area contributed by atoms with Crippen molar-refractivity contribution < 1.29 is 4.74 Å². The van der Waals surface area contributed by atoms with Gasteiger partial charge in [0.15, 0.2) is 0 Å². The lowest BCUT2D eigenvalue weighted by molar-refractivity contribution is 0.0898. The average Bonchev–Trinajstić information content (AvgIpc) is 2.80. The molecule has 2 unspecified atom stereocenters. The Balaban J connectivity index is 2.03. The van der Waals surface area contributed by atoms with Gasteiger partial charge in [0, 0.05) is 19.1 Å². The van der Waals surface area contributed by atoms with E-state index in [0.29, 0.717) is 11.8 Å². The predicted octanol–water partition coefficient (Wildman–Crippen LogP) is 3.63. The molecule has 2 nitrogen and oxygen atoms in total. The lowest BCUT2D eigenvalue weighted by Gasteiger charge is -2.22. The van der Waals surface area contributed by atoms with E-state index >= 15 is 0 Å². The molecule has 0 spiro atoms. The molecule has 106 valence electrons. The third kappa shape index (κ3) is 3.80. The van der Waals surface area contributed by atoms with E-state index in [-0.39, 0.29) is 6.10 Å². The van der Waals surface area contributed by atoms with Gasteiger partial charge in [0.05, 0.1) is 6.10 Å². The fraction of sp³-hybridized carbons (Fsp3) is 0.647. The Morgan fingerprint density at radius 2 is 2.11 bits per heavy atom. The van der Waals surface area contributed by atoms with E-state index in [0.717, 1.165) is 19.7 Å². The highest BCUT2D eigenvalue weighted by molar-refractivity contribution is 5.33. The fourth-order valence-electron chi connectivity index (χ4n) is 2.81. The van der Waals surface area contributed by atoms with Crippen LogP contribution in [0, 0.1) is 25.7 Å². The molecule has 1 N–H and O–H groups in total. The summed E-state index contributed by atoms with van der Waals surface area (Å²) in [5.41, 5.74) is 4.06. The second-order valence-corrected chi connectivity index (χ2v) is 6.25. The first kappa shape index (κ1) is 14.5. The molecule has 0 radical (unpaired) electrons. The first-order valence-electron chi connectivity index (χ1n) is 7.47. The topological polar surface area (TPSA) is 21.3 Å². The normalized spacial score (nSPS) is 23.2. The van der Waals surface area contributed by atoms with E-state index in [1.54, 1.807) is 0 Å². The predicted molar refractivity (Wildman–Crippen MR) is 80.4 cm³/mol. The van der Waals surface area contributed by atoms with E-state index in [2.05, 4.69) is 51.2 Å². The maximum Gasteiger partial charge on any atom is 0.0868 e. The van der Waals surface area contributed by atoms with E-state index in [4.69, 9.17) is 4.74 Å². The van der Waals surface area contributed by atoms with Crippen LogP contribution < -0.4 is 5.32 Å². The maximum absolute atomic E-state index is 6.00. The molecule has 1 aliphatic rings. The number of hydrogen-bond donors (Lipinski definition) is 1. The highest BCUT2D eigenvalue weighted by atomic mass is 16.5. The molecular weight excluding hydrogens is 234 g/mol. The highest BCUT2D eigenvalue weighted by Crippen LogP contribution is 2.36. The van der Waals surface area contributed by atoms with Gasteiger partial charge in [-0.2, -0.15) is 0 Å². The number of benzene rings is 1. The van der Waals surface area contributed by atoms with Crippen LogP contribution in [0.3, 0.4) is 0 Å². The molecule has 0 aromatic heterocycles. The van der Waals surface area contributed by atoms with Gasteiger partial charge in [-0.25, -0.2) is 0 Å². The van der Waals surface area contributed by atoms with Crippen LogP contribution in [0.5, 0.6) is 0 Å². The van der Waals surface area contributed by atoms with Crippen molar-refractivity contribution in [1.82, 2.24) is 5.32 Å². The summed E-state index contributed by atoms with van der Waals surface area (Å²) in [4.78, 5) is 0. The van der Waals surface area contributed by atoms with Crippen molar-refractivity contribution in [2.24, 2.45) is 11.8 Å². The van der Waals surface area contributed by atoms with E-state index < -0.39 is 0 Å². The quantitative estimate of drug-likeness (QED) is 0.874. The maximum atomic E-state index is 6.00. The van der Waals surface area contributed by atoms with Gasteiger partial charge < -0.3 is 10.1 Å². The first-order chi connectivity index (χ1) is 9.08. The number of nitrogens with one attached hydrogen (secondary N) is 1. The molecule has 0 aliphatic carbocycles. The van der Waals surface area contributed by atoms with Crippen molar-refractivity contribution in [3.05, 3.63) is 34.9 Å². The third-order valence-electron chi connectivity index (χ3n) is 3.91. The van der Waals surface area contributed by atoms with Crippen molar-refractivity contribution in [2.45, 2.75) is 40.2 Å². The molecule has 1 aliphatic heterocycles. The van der Waals surface area contributed by atoms with E-state index in [9.17, 15) is 0 Å². The van der Waals surface area contributed by atoms with Gasteiger partial charge in [-0.15, -0.1) is 0 Å². The molecule has 1 fully saturated rings. The zero-order valence-corrected chi connectivity index (χ0v) is 12.7. The standard InChI is InChI=1S/C17H27NO/c1-12(2)10-18-11-15-7-8-19-17(15)16-9-13(3)5-6-14(16)4/h5-6,9,12,15,17-18H,7-8,10-11H2,1-4H3. The van der Waals surface area contributed by atoms with Gasteiger partial charge in [-0.1, -0.05) is 37.6 Å². The van der Waals surface area contributed by atoms with Gasteiger partial charge >= 0.3 is 0 Å². The van der Waals surface area contributed by atoms with Crippen molar-refractivity contribution in [1.29, 1.82) is 0 Å². The molecular formula is C17H27NO. The summed E-state index contributed by atoms with van der Waals surface area (Å²) >= 11 is 0. The second-order valence-electron chi connectivity index (χ2n) is 6.25. The Bertz CT molecular complexity index is 414. The van der Waals surface area contributed by atoms with Gasteiger partial charge in [0.25, 0.3) is 0 Å². The van der Waals surface area contributed by atoms with Gasteiger partial charge in [0.1, 0.15) is 0 Å². The average molecular weight is 261 g/mol. The number of rotatable bonds is 5. The molecule has 2 rings (SSSR count). The summed E-state index contributed by atoms with van der Waals surface area (Å²) in [5.74, 6) is 1.32. The van der Waals surface area contributed by atoms with Crippen LogP contribution in [0.15, 0.2) is 18.2 Å². The van der Waals surface area contributed by atoms with Gasteiger partial charge in [-0.3, -0.25) is 0 Å². The molecule has 1 saturated heterocycles. The molecule has 0 bridgehead atoms. The Kier molecular flexibility index (Phi) is 5.00. The summed E-state index contributed by atoms with van der Waals surface area (Å²) in [5, 5.41) is 3.58. The molecule has 1 aromatic rings. The van der Waals surface area contributed by atoms with E-state index in [1.165, 1.54) is 23.1 Å². The molecule has 1 aromatic carbocycles. The summed E-state index contributed by atoms with van der Waals surface area (Å²) in [7, 11) is 0. The Hall–Kier alpha value is -0.860. The van der Waals surface area contributed by atoms with Crippen LogP contribution in [0.1, 0.15) is 43.1 Å². The van der Waals surface area contributed by atoms with Crippen molar-refractivity contribution in [3.63, 3.8) is 0 Å². The van der Waals surface area contributed by atoms with Crippen LogP contribution in [-0.2, 0) is 4.74 Å². The molecule has 2 atom stereocenters. The minimum absolute atomic E-state index is 0.277. The monoisotopic (exact) mass is 261 g/mol. The summed E-state index contributed by atoms with van der Waals surface area (Å²) in [6, 6.07) is 6.69. The number of hydrogen-bond acceptors (Lipinski definition) is 2. The van der Waals surface area contributed by atoms with E-state index in [1.807, 2.05) is 0 Å². The number of ether oxygens (including phenoxy) is 1. The summed E-state index contributed by atoms with van der Waals surface area (Å²) in [6.45, 7) is 11.9. The summed E-state index contributed by atoms with van der Waals surface area (Å²) < 4.78 is 6.00. The lowest BCUT2D eigenvalue weighted by atomic mass is 9.91. The van der Waals surface area contributed by atoms with Crippen LogP contribution >= 0.6 is 0 Å². The lowest BCUT2D eigenvalue weighted by Crippen LogP contribution is -2.28. The first-order valence-corrected chi connectivity index (χ1v) is 7.47. The van der Waals surface area contributed by atoms with Crippen molar-refractivity contribution in [3.8, 4) is 0 Å². The van der Waals surface area contributed by atoms with Crippen LogP contribution in [0.25, 0.3) is 0 Å². The third-order valence-corrected chi connectivity index (χ3v) is 3.91. The molecule has 0 amide bonds. The highest BCUT2D eigenvalue weighted by Gasteiger charge is 2.30. The number of aryl methyl sites for hydroxylation is 2. The van der Waals surface area contributed by atoms with Crippen LogP contribution in [0.4, 0.5) is 0 Å². The van der Waals surface area contributed by atoms with Crippen molar-refractivity contribution in [2.75, 3.05) is 19.7 Å². The largest absolute Gasteiger partial charge is 0.373 e. The Morgan fingerprint density at radius 3 is 2.84 bits per heavy atom. The Labute approximate surface area is 117 Å². The molecule has 19 heavy (non-hydrogen) atoms. The zero-order valence-electron chi connectivity index (χ0n) is 12.7.